The molecule has 23 heavy (non-hydrogen) atoms. The van der Waals surface area contributed by atoms with Crippen molar-refractivity contribution < 1.29 is 4.39 Å². The van der Waals surface area contributed by atoms with E-state index < -0.39 is 0 Å². The monoisotopic (exact) mass is 336 g/mol. The minimum Gasteiger partial charge on any atom is -0.255 e. The predicted octanol–water partition coefficient (Wildman–Crippen LogP) is 5.61. The van der Waals surface area contributed by atoms with Crippen LogP contribution in [0.5, 0.6) is 0 Å². The highest BCUT2D eigenvalue weighted by Crippen LogP contribution is 2.28. The van der Waals surface area contributed by atoms with Crippen molar-refractivity contribution in [2.75, 3.05) is 18.6 Å². The Bertz CT molecular complexity index is 570. The minimum absolute atomic E-state index is 0.223. The first kappa shape index (κ1) is 19.4. The molecule has 1 aromatic rings. The Balaban J connectivity index is 2.97. The van der Waals surface area contributed by atoms with E-state index in [1.165, 1.54) is 17.8 Å². The SMILES string of the molecule is CC/C=C\N=C(/C)SCc1c(F)cccc1N(CCC)/N=N\C. The van der Waals surface area contributed by atoms with Gasteiger partial charge < -0.3 is 0 Å². The summed E-state index contributed by atoms with van der Waals surface area (Å²) in [7, 11) is 1.62. The Hall–Kier alpha value is -1.69. The lowest BCUT2D eigenvalue weighted by atomic mass is 10.2. The van der Waals surface area contributed by atoms with Crippen LogP contribution in [0.15, 0.2) is 45.8 Å². The molecule has 0 spiro atoms. The van der Waals surface area contributed by atoms with Crippen LogP contribution in [0, 0.1) is 5.82 Å². The molecule has 0 fully saturated rings. The van der Waals surface area contributed by atoms with Gasteiger partial charge in [-0.15, -0.1) is 11.8 Å². The molecule has 0 unspecified atom stereocenters. The number of thioether (sulfide) groups is 1. The van der Waals surface area contributed by atoms with Crippen LogP contribution in [0.2, 0.25) is 0 Å². The lowest BCUT2D eigenvalue weighted by molar-refractivity contribution is 0.615. The number of benzene rings is 1. The average Bonchev–Trinajstić information content (AvgIpc) is 2.53. The van der Waals surface area contributed by atoms with Crippen LogP contribution in [0.4, 0.5) is 10.1 Å². The number of rotatable bonds is 8. The van der Waals surface area contributed by atoms with Gasteiger partial charge in [-0.3, -0.25) is 4.99 Å². The molecule has 1 rings (SSSR count). The molecule has 6 heteroatoms. The first-order valence-electron chi connectivity index (χ1n) is 7.80. The third-order valence-corrected chi connectivity index (χ3v) is 3.98. The molecule has 0 atom stereocenters. The smallest absolute Gasteiger partial charge is 0.129 e. The van der Waals surface area contributed by atoms with Crippen LogP contribution < -0.4 is 5.01 Å². The fourth-order valence-electron chi connectivity index (χ4n) is 1.94. The van der Waals surface area contributed by atoms with Crippen molar-refractivity contribution in [3.05, 3.63) is 41.9 Å². The highest BCUT2D eigenvalue weighted by molar-refractivity contribution is 8.13. The summed E-state index contributed by atoms with van der Waals surface area (Å²) in [6.45, 7) is 6.75. The quantitative estimate of drug-likeness (QED) is 0.268. The van der Waals surface area contributed by atoms with Gasteiger partial charge in [0.15, 0.2) is 0 Å². The zero-order chi connectivity index (χ0) is 17.1. The highest BCUT2D eigenvalue weighted by Gasteiger charge is 2.14. The van der Waals surface area contributed by atoms with Crippen LogP contribution in [0.3, 0.4) is 0 Å². The number of aliphatic imine (C=N–C) groups is 1. The van der Waals surface area contributed by atoms with Gasteiger partial charge >= 0.3 is 0 Å². The summed E-state index contributed by atoms with van der Waals surface area (Å²) >= 11 is 1.52. The molecule has 0 amide bonds. The summed E-state index contributed by atoms with van der Waals surface area (Å²) in [5, 5.41) is 10.6. The third-order valence-electron chi connectivity index (χ3n) is 3.03. The number of allylic oxidation sites excluding steroid dienone is 1. The van der Waals surface area contributed by atoms with Crippen molar-refractivity contribution in [1.29, 1.82) is 0 Å². The first-order chi connectivity index (χ1) is 11.1. The molecule has 0 aromatic heterocycles. The van der Waals surface area contributed by atoms with Crippen LogP contribution >= 0.6 is 11.8 Å². The van der Waals surface area contributed by atoms with Crippen molar-refractivity contribution >= 4 is 22.5 Å². The van der Waals surface area contributed by atoms with Gasteiger partial charge in [0.2, 0.25) is 0 Å². The van der Waals surface area contributed by atoms with Gasteiger partial charge in [-0.05, 0) is 31.9 Å². The second-order valence-electron chi connectivity index (χ2n) is 4.88. The van der Waals surface area contributed by atoms with E-state index in [1.807, 2.05) is 19.1 Å². The topological polar surface area (TPSA) is 40.3 Å². The van der Waals surface area contributed by atoms with E-state index in [4.69, 9.17) is 0 Å². The van der Waals surface area contributed by atoms with Gasteiger partial charge in [0.25, 0.3) is 0 Å². The summed E-state index contributed by atoms with van der Waals surface area (Å²) in [4.78, 5) is 4.33. The molecule has 4 nitrogen and oxygen atoms in total. The van der Waals surface area contributed by atoms with Crippen molar-refractivity contribution in [3.8, 4) is 0 Å². The van der Waals surface area contributed by atoms with E-state index in [2.05, 4.69) is 29.2 Å². The van der Waals surface area contributed by atoms with Crippen LogP contribution in [-0.4, -0.2) is 18.6 Å². The molecule has 0 N–H and O–H groups in total. The number of hydrogen-bond acceptors (Lipinski definition) is 4. The van der Waals surface area contributed by atoms with Crippen molar-refractivity contribution in [2.45, 2.75) is 39.4 Å². The van der Waals surface area contributed by atoms with Gasteiger partial charge in [0.1, 0.15) is 5.82 Å². The Morgan fingerprint density at radius 3 is 2.78 bits per heavy atom. The number of anilines is 1. The number of halogens is 1. The molecule has 126 valence electrons. The van der Waals surface area contributed by atoms with E-state index in [-0.39, 0.29) is 5.82 Å². The maximum absolute atomic E-state index is 14.3. The van der Waals surface area contributed by atoms with Crippen molar-refractivity contribution in [3.63, 3.8) is 0 Å². The standard InChI is InChI=1S/C17H25FN4S/c1-5-7-11-20-14(3)23-13-15-16(18)9-8-10-17(15)22(12-6-2)21-19-4/h7-11H,5-6,12-13H2,1-4H3/b11-7-,20-14+,21-19-. The summed E-state index contributed by atoms with van der Waals surface area (Å²) in [6, 6.07) is 5.07. The summed E-state index contributed by atoms with van der Waals surface area (Å²) in [5.74, 6) is 0.288. The van der Waals surface area contributed by atoms with E-state index in [1.54, 1.807) is 24.3 Å². The van der Waals surface area contributed by atoms with Gasteiger partial charge in [0, 0.05) is 24.1 Å². The van der Waals surface area contributed by atoms with E-state index in [0.29, 0.717) is 17.9 Å². The predicted molar refractivity (Wildman–Crippen MR) is 98.7 cm³/mol. The fraction of sp³-hybridized carbons (Fsp3) is 0.471. The minimum atomic E-state index is -0.223. The van der Waals surface area contributed by atoms with Crippen molar-refractivity contribution in [1.82, 2.24) is 0 Å². The zero-order valence-electron chi connectivity index (χ0n) is 14.3. The molecule has 0 aliphatic rings. The Kier molecular flexibility index (Phi) is 9.21. The largest absolute Gasteiger partial charge is 0.255 e. The van der Waals surface area contributed by atoms with E-state index in [0.717, 1.165) is 23.6 Å². The lowest BCUT2D eigenvalue weighted by Crippen LogP contribution is -2.18. The van der Waals surface area contributed by atoms with Gasteiger partial charge in [-0.2, -0.15) is 5.11 Å². The second-order valence-corrected chi connectivity index (χ2v) is 6.05. The molecule has 0 heterocycles. The zero-order valence-corrected chi connectivity index (χ0v) is 15.1. The maximum Gasteiger partial charge on any atom is 0.129 e. The lowest BCUT2D eigenvalue weighted by Gasteiger charge is -2.20. The van der Waals surface area contributed by atoms with E-state index >= 15 is 0 Å². The summed E-state index contributed by atoms with van der Waals surface area (Å²) in [5.41, 5.74) is 1.40. The third kappa shape index (κ3) is 6.52. The normalized spacial score (nSPS) is 12.5. The molecule has 0 aliphatic carbocycles. The first-order valence-corrected chi connectivity index (χ1v) is 8.79. The summed E-state index contributed by atoms with van der Waals surface area (Å²) < 4.78 is 14.3. The molecule has 0 radical (unpaired) electrons. The van der Waals surface area contributed by atoms with Gasteiger partial charge in [-0.1, -0.05) is 31.2 Å². The molecule has 0 aliphatic heterocycles. The van der Waals surface area contributed by atoms with E-state index in [9.17, 15) is 4.39 Å². The molecule has 0 saturated heterocycles. The number of hydrogen-bond donors (Lipinski definition) is 0. The molecular weight excluding hydrogens is 311 g/mol. The summed E-state index contributed by atoms with van der Waals surface area (Å²) in [6.07, 6.45) is 5.64. The van der Waals surface area contributed by atoms with Gasteiger partial charge in [0.05, 0.1) is 17.8 Å². The van der Waals surface area contributed by atoms with Gasteiger partial charge in [-0.25, -0.2) is 9.40 Å². The maximum atomic E-state index is 14.3. The van der Waals surface area contributed by atoms with Crippen LogP contribution in [0.1, 0.15) is 39.2 Å². The van der Waals surface area contributed by atoms with Crippen molar-refractivity contribution in [2.24, 2.45) is 15.3 Å². The van der Waals surface area contributed by atoms with Crippen LogP contribution in [0.25, 0.3) is 0 Å². The highest BCUT2D eigenvalue weighted by atomic mass is 32.2. The van der Waals surface area contributed by atoms with Crippen LogP contribution in [-0.2, 0) is 5.75 Å². The number of nitrogens with zero attached hydrogens (tertiary/aromatic N) is 4. The fourth-order valence-corrected chi connectivity index (χ4v) is 2.72. The molecule has 0 saturated carbocycles. The molecular formula is C17H25FN4S. The Morgan fingerprint density at radius 2 is 2.13 bits per heavy atom. The molecule has 0 bridgehead atoms. The molecule has 1 aromatic carbocycles. The Morgan fingerprint density at radius 1 is 1.35 bits per heavy atom. The Labute approximate surface area is 142 Å². The average molecular weight is 336 g/mol. The second kappa shape index (κ2) is 10.9.